The normalized spacial score (nSPS) is 17.4. The molecule has 3 rings (SSSR count). The summed E-state index contributed by atoms with van der Waals surface area (Å²) in [5.74, 6) is 0. The number of carbonyl (C=O) groups is 1. The van der Waals surface area contributed by atoms with E-state index in [4.69, 9.17) is 0 Å². The summed E-state index contributed by atoms with van der Waals surface area (Å²) >= 11 is 1.76. The predicted octanol–water partition coefficient (Wildman–Crippen LogP) is 3.34. The number of amides is 2. The molecular formula is C18H24N4OS. The molecule has 0 saturated carbocycles. The minimum absolute atomic E-state index is 0.0417. The lowest BCUT2D eigenvalue weighted by atomic mass is 10.1. The molecule has 2 atom stereocenters. The lowest BCUT2D eigenvalue weighted by Gasteiger charge is -2.27. The fourth-order valence-electron chi connectivity index (χ4n) is 3.12. The average Bonchev–Trinajstić information content (AvgIpc) is 3.30. The van der Waals surface area contributed by atoms with Gasteiger partial charge in [-0.25, -0.2) is 4.79 Å². The van der Waals surface area contributed by atoms with Crippen LogP contribution in [0.15, 0.2) is 42.0 Å². The van der Waals surface area contributed by atoms with E-state index in [1.807, 2.05) is 19.1 Å². The van der Waals surface area contributed by atoms with Gasteiger partial charge in [0.15, 0.2) is 0 Å². The molecule has 0 radical (unpaired) electrons. The van der Waals surface area contributed by atoms with E-state index in [0.717, 1.165) is 18.7 Å². The number of nitrogens with zero attached hydrogens (tertiary/aromatic N) is 2. The molecule has 2 N–H and O–H groups in total. The number of rotatable bonds is 6. The Morgan fingerprint density at radius 2 is 2.04 bits per heavy atom. The van der Waals surface area contributed by atoms with Gasteiger partial charge in [-0.05, 0) is 62.0 Å². The molecule has 1 fully saturated rings. The van der Waals surface area contributed by atoms with Gasteiger partial charge in [0.05, 0.1) is 12.1 Å². The lowest BCUT2D eigenvalue weighted by Crippen LogP contribution is -2.42. The standard InChI is InChI=1S/C18H24N4OS/c1-14(15-6-8-19-9-7-15)21-18(23)20-13-16(17-5-4-12-24-17)22-10-2-3-11-22/h4-9,12,14,16H,2-3,10-11,13H2,1H3,(H2,20,21,23). The Hall–Kier alpha value is -1.92. The van der Waals surface area contributed by atoms with Crippen molar-refractivity contribution < 1.29 is 4.79 Å². The van der Waals surface area contributed by atoms with Crippen LogP contribution in [0.3, 0.4) is 0 Å². The van der Waals surface area contributed by atoms with Crippen molar-refractivity contribution in [2.24, 2.45) is 0 Å². The van der Waals surface area contributed by atoms with Crippen molar-refractivity contribution in [1.29, 1.82) is 0 Å². The number of hydrogen-bond donors (Lipinski definition) is 2. The van der Waals surface area contributed by atoms with Gasteiger partial charge >= 0.3 is 6.03 Å². The largest absolute Gasteiger partial charge is 0.336 e. The van der Waals surface area contributed by atoms with Crippen molar-refractivity contribution in [3.05, 3.63) is 52.5 Å². The number of urea groups is 1. The number of hydrogen-bond acceptors (Lipinski definition) is 4. The Bertz CT molecular complexity index is 626. The van der Waals surface area contributed by atoms with E-state index >= 15 is 0 Å². The molecule has 1 aliphatic heterocycles. The number of thiophene rings is 1. The maximum atomic E-state index is 12.3. The monoisotopic (exact) mass is 344 g/mol. The van der Waals surface area contributed by atoms with Crippen molar-refractivity contribution in [1.82, 2.24) is 20.5 Å². The zero-order valence-electron chi connectivity index (χ0n) is 13.9. The number of carbonyl (C=O) groups excluding carboxylic acids is 1. The minimum atomic E-state index is -0.125. The fourth-order valence-corrected chi connectivity index (χ4v) is 3.98. The van der Waals surface area contributed by atoms with Gasteiger partial charge in [-0.1, -0.05) is 6.07 Å². The number of aromatic nitrogens is 1. The third kappa shape index (κ3) is 4.33. The molecular weight excluding hydrogens is 320 g/mol. The first-order valence-electron chi connectivity index (χ1n) is 8.46. The average molecular weight is 344 g/mol. The highest BCUT2D eigenvalue weighted by Gasteiger charge is 2.24. The number of pyridine rings is 1. The highest BCUT2D eigenvalue weighted by Crippen LogP contribution is 2.27. The maximum Gasteiger partial charge on any atom is 0.315 e. The summed E-state index contributed by atoms with van der Waals surface area (Å²) in [5, 5.41) is 8.14. The minimum Gasteiger partial charge on any atom is -0.336 e. The zero-order valence-corrected chi connectivity index (χ0v) is 14.8. The molecule has 0 bridgehead atoms. The van der Waals surface area contributed by atoms with Gasteiger partial charge in [0.25, 0.3) is 0 Å². The van der Waals surface area contributed by atoms with E-state index in [-0.39, 0.29) is 18.1 Å². The smallest absolute Gasteiger partial charge is 0.315 e. The Morgan fingerprint density at radius 1 is 1.29 bits per heavy atom. The van der Waals surface area contributed by atoms with Gasteiger partial charge in [0, 0.05) is 23.8 Å². The summed E-state index contributed by atoms with van der Waals surface area (Å²) in [6, 6.07) is 8.18. The van der Waals surface area contributed by atoms with Gasteiger partial charge in [0.1, 0.15) is 0 Å². The topological polar surface area (TPSA) is 57.3 Å². The Balaban J connectivity index is 1.55. The summed E-state index contributed by atoms with van der Waals surface area (Å²) < 4.78 is 0. The molecule has 0 aliphatic carbocycles. The summed E-state index contributed by atoms with van der Waals surface area (Å²) in [6.07, 6.45) is 5.97. The molecule has 24 heavy (non-hydrogen) atoms. The van der Waals surface area contributed by atoms with Gasteiger partial charge in [-0.15, -0.1) is 11.3 Å². The zero-order chi connectivity index (χ0) is 16.8. The van der Waals surface area contributed by atoms with E-state index < -0.39 is 0 Å². The first-order chi connectivity index (χ1) is 11.7. The Morgan fingerprint density at radius 3 is 2.71 bits per heavy atom. The number of nitrogens with one attached hydrogen (secondary N) is 2. The van der Waals surface area contributed by atoms with Crippen molar-refractivity contribution in [2.45, 2.75) is 31.8 Å². The van der Waals surface area contributed by atoms with E-state index in [2.05, 4.69) is 38.0 Å². The first-order valence-corrected chi connectivity index (χ1v) is 9.34. The number of likely N-dealkylation sites (tertiary alicyclic amines) is 1. The maximum absolute atomic E-state index is 12.3. The predicted molar refractivity (Wildman–Crippen MR) is 97.1 cm³/mol. The van der Waals surface area contributed by atoms with Crippen LogP contribution in [0.25, 0.3) is 0 Å². The van der Waals surface area contributed by atoms with Crippen molar-refractivity contribution in [2.75, 3.05) is 19.6 Å². The molecule has 0 aromatic carbocycles. The third-order valence-electron chi connectivity index (χ3n) is 4.46. The summed E-state index contributed by atoms with van der Waals surface area (Å²) in [7, 11) is 0. The molecule has 1 aliphatic rings. The van der Waals surface area contributed by atoms with Gasteiger partial charge < -0.3 is 10.6 Å². The summed E-state index contributed by atoms with van der Waals surface area (Å²) in [5.41, 5.74) is 1.05. The van der Waals surface area contributed by atoms with Crippen LogP contribution in [0.1, 0.15) is 42.3 Å². The van der Waals surface area contributed by atoms with Gasteiger partial charge in [0.2, 0.25) is 0 Å². The van der Waals surface area contributed by atoms with E-state index in [1.54, 1.807) is 23.7 Å². The van der Waals surface area contributed by atoms with Crippen LogP contribution >= 0.6 is 11.3 Å². The molecule has 0 spiro atoms. The van der Waals surface area contributed by atoms with Crippen LogP contribution in [0.2, 0.25) is 0 Å². The van der Waals surface area contributed by atoms with Crippen LogP contribution in [-0.2, 0) is 0 Å². The molecule has 5 nitrogen and oxygen atoms in total. The molecule has 2 aromatic heterocycles. The quantitative estimate of drug-likeness (QED) is 0.845. The Kier molecular flexibility index (Phi) is 5.82. The van der Waals surface area contributed by atoms with E-state index in [9.17, 15) is 4.79 Å². The molecule has 6 heteroatoms. The van der Waals surface area contributed by atoms with Crippen LogP contribution in [0, 0.1) is 0 Å². The second-order valence-electron chi connectivity index (χ2n) is 6.13. The van der Waals surface area contributed by atoms with Gasteiger partial charge in [-0.2, -0.15) is 0 Å². The van der Waals surface area contributed by atoms with Crippen LogP contribution < -0.4 is 10.6 Å². The summed E-state index contributed by atoms with van der Waals surface area (Å²) in [4.78, 5) is 20.1. The van der Waals surface area contributed by atoms with Crippen LogP contribution in [0.4, 0.5) is 4.79 Å². The SMILES string of the molecule is CC(NC(=O)NCC(c1cccs1)N1CCCC1)c1ccncc1. The van der Waals surface area contributed by atoms with Crippen LogP contribution in [-0.4, -0.2) is 35.5 Å². The highest BCUT2D eigenvalue weighted by molar-refractivity contribution is 7.10. The molecule has 2 unspecified atom stereocenters. The molecule has 2 amide bonds. The summed E-state index contributed by atoms with van der Waals surface area (Å²) in [6.45, 7) is 4.83. The van der Waals surface area contributed by atoms with Gasteiger partial charge in [-0.3, -0.25) is 9.88 Å². The van der Waals surface area contributed by atoms with E-state index in [1.165, 1.54) is 17.7 Å². The fraction of sp³-hybridized carbons (Fsp3) is 0.444. The molecule has 1 saturated heterocycles. The third-order valence-corrected chi connectivity index (χ3v) is 5.44. The second kappa shape index (κ2) is 8.26. The lowest BCUT2D eigenvalue weighted by molar-refractivity contribution is 0.220. The van der Waals surface area contributed by atoms with E-state index in [0.29, 0.717) is 6.54 Å². The highest BCUT2D eigenvalue weighted by atomic mass is 32.1. The van der Waals surface area contributed by atoms with Crippen molar-refractivity contribution in [3.63, 3.8) is 0 Å². The molecule has 3 heterocycles. The van der Waals surface area contributed by atoms with Crippen molar-refractivity contribution in [3.8, 4) is 0 Å². The first kappa shape index (κ1) is 16.9. The Labute approximate surface area is 147 Å². The van der Waals surface area contributed by atoms with Crippen LogP contribution in [0.5, 0.6) is 0 Å². The second-order valence-corrected chi connectivity index (χ2v) is 7.11. The van der Waals surface area contributed by atoms with Crippen molar-refractivity contribution >= 4 is 17.4 Å². The molecule has 2 aromatic rings. The molecule has 128 valence electrons.